The van der Waals surface area contributed by atoms with Gasteiger partial charge in [-0.1, -0.05) is 11.6 Å². The summed E-state index contributed by atoms with van der Waals surface area (Å²) in [5.41, 5.74) is 6.72. The average molecular weight is 480 g/mol. The zero-order chi connectivity index (χ0) is 24.1. The normalized spacial score (nSPS) is 18.4. The van der Waals surface area contributed by atoms with Crippen LogP contribution >= 0.6 is 11.6 Å². The molecule has 2 saturated heterocycles. The molecule has 2 aliphatic rings. The summed E-state index contributed by atoms with van der Waals surface area (Å²) in [6, 6.07) is 3.44. The van der Waals surface area contributed by atoms with Crippen LogP contribution in [0.25, 0.3) is 0 Å². The Balaban J connectivity index is 1.47. The highest BCUT2D eigenvalue weighted by Gasteiger charge is 2.28. The molecular weight excluding hydrogens is 442 g/mol. The lowest BCUT2D eigenvalue weighted by atomic mass is 9.94. The van der Waals surface area contributed by atoms with Gasteiger partial charge < -0.3 is 30.5 Å². The summed E-state index contributed by atoms with van der Waals surface area (Å²) in [4.78, 5) is 31.2. The molecule has 0 saturated carbocycles. The van der Waals surface area contributed by atoms with E-state index in [4.69, 9.17) is 22.1 Å². The Hall–Kier alpha value is -2.19. The maximum atomic E-state index is 13.0. The van der Waals surface area contributed by atoms with Crippen LogP contribution < -0.4 is 15.8 Å². The van der Waals surface area contributed by atoms with Gasteiger partial charge in [-0.15, -0.1) is 0 Å². The third-order valence-corrected chi connectivity index (χ3v) is 6.74. The highest BCUT2D eigenvalue weighted by Crippen LogP contribution is 2.30. The second kappa shape index (κ2) is 11.3. The van der Waals surface area contributed by atoms with E-state index in [1.807, 2.05) is 18.7 Å². The van der Waals surface area contributed by atoms with Gasteiger partial charge in [-0.25, -0.2) is 4.79 Å². The lowest BCUT2D eigenvalue weighted by Gasteiger charge is -2.38. The molecule has 0 radical (unpaired) electrons. The number of nitrogens with two attached hydrogens (primary N) is 1. The Labute approximate surface area is 202 Å². The maximum Gasteiger partial charge on any atom is 0.319 e. The number of hydrogen-bond donors (Lipinski definition) is 2. The number of benzene rings is 1. The minimum Gasteiger partial charge on any atom is -0.490 e. The van der Waals surface area contributed by atoms with Crippen LogP contribution in [0.4, 0.5) is 10.5 Å². The molecule has 8 nitrogen and oxygen atoms in total. The highest BCUT2D eigenvalue weighted by molar-refractivity contribution is 6.33. The minimum atomic E-state index is -0.177. The van der Waals surface area contributed by atoms with Crippen molar-refractivity contribution in [1.29, 1.82) is 0 Å². The smallest absolute Gasteiger partial charge is 0.319 e. The number of piperidine rings is 2. The van der Waals surface area contributed by atoms with E-state index in [0.29, 0.717) is 27.9 Å². The van der Waals surface area contributed by atoms with Gasteiger partial charge in [0.05, 0.1) is 22.4 Å². The van der Waals surface area contributed by atoms with E-state index < -0.39 is 0 Å². The third-order valence-electron chi connectivity index (χ3n) is 6.41. The number of amides is 3. The van der Waals surface area contributed by atoms with Crippen molar-refractivity contribution in [1.82, 2.24) is 20.0 Å². The van der Waals surface area contributed by atoms with Crippen LogP contribution in [0.2, 0.25) is 5.02 Å². The first-order valence-corrected chi connectivity index (χ1v) is 12.3. The Morgan fingerprint density at radius 2 is 1.79 bits per heavy atom. The molecule has 2 aliphatic heterocycles. The molecule has 33 heavy (non-hydrogen) atoms. The van der Waals surface area contributed by atoms with Gasteiger partial charge in [-0.2, -0.15) is 0 Å². The Morgan fingerprint density at radius 3 is 2.36 bits per heavy atom. The summed E-state index contributed by atoms with van der Waals surface area (Å²) >= 11 is 6.17. The van der Waals surface area contributed by atoms with E-state index in [9.17, 15) is 9.59 Å². The number of anilines is 1. The number of rotatable bonds is 6. The van der Waals surface area contributed by atoms with E-state index in [1.165, 1.54) is 0 Å². The standard InChI is InChI=1S/C24H38ClN5O3/c1-16(2)33-22-14-21(26)20(25)13-19(22)23(31)27-18-7-9-29(10-8-18)15-17-5-11-30(12-6-17)24(32)28(3)4/h13-14,16-18H,5-12,15,26H2,1-4H3,(H,27,31). The SMILES string of the molecule is CC(C)Oc1cc(N)c(Cl)cc1C(=O)NC1CCN(CC2CCN(C(=O)N(C)C)CC2)CC1. The maximum absolute atomic E-state index is 13.0. The predicted molar refractivity (Wildman–Crippen MR) is 132 cm³/mol. The molecule has 1 aromatic rings. The molecule has 2 fully saturated rings. The summed E-state index contributed by atoms with van der Waals surface area (Å²) < 4.78 is 5.79. The van der Waals surface area contributed by atoms with E-state index in [-0.39, 0.29) is 24.1 Å². The van der Waals surface area contributed by atoms with Gasteiger partial charge in [0, 0.05) is 58.9 Å². The number of carbonyl (C=O) groups excluding carboxylic acids is 2. The number of halogens is 1. The van der Waals surface area contributed by atoms with Crippen molar-refractivity contribution in [3.05, 3.63) is 22.7 Å². The molecule has 3 amide bonds. The van der Waals surface area contributed by atoms with E-state index in [0.717, 1.165) is 58.4 Å². The molecule has 3 N–H and O–H groups in total. The van der Waals surface area contributed by atoms with Crippen molar-refractivity contribution in [2.75, 3.05) is 52.6 Å². The lowest BCUT2D eigenvalue weighted by molar-refractivity contribution is 0.0885. The van der Waals surface area contributed by atoms with E-state index in [2.05, 4.69) is 10.2 Å². The van der Waals surface area contributed by atoms with E-state index >= 15 is 0 Å². The van der Waals surface area contributed by atoms with E-state index in [1.54, 1.807) is 31.1 Å². The molecule has 0 atom stereocenters. The molecular formula is C24H38ClN5O3. The quantitative estimate of drug-likeness (QED) is 0.611. The summed E-state index contributed by atoms with van der Waals surface area (Å²) in [6.07, 6.45) is 3.84. The van der Waals surface area contributed by atoms with Gasteiger partial charge in [0.1, 0.15) is 5.75 Å². The number of carbonyl (C=O) groups is 2. The van der Waals surface area contributed by atoms with Gasteiger partial charge in [0.15, 0.2) is 0 Å². The molecule has 0 aromatic heterocycles. The summed E-state index contributed by atoms with van der Waals surface area (Å²) in [6.45, 7) is 8.46. The fourth-order valence-electron chi connectivity index (χ4n) is 4.58. The first kappa shape index (κ1) is 25.4. The molecule has 0 aliphatic carbocycles. The third kappa shape index (κ3) is 6.90. The second-order valence-corrected chi connectivity index (χ2v) is 10.1. The molecule has 1 aromatic carbocycles. The predicted octanol–water partition coefficient (Wildman–Crippen LogP) is 3.30. The number of likely N-dealkylation sites (tertiary alicyclic amines) is 2. The van der Waals surface area contributed by atoms with Crippen LogP contribution in [0.5, 0.6) is 5.75 Å². The average Bonchev–Trinajstić information content (AvgIpc) is 2.77. The number of hydrogen-bond acceptors (Lipinski definition) is 5. The zero-order valence-corrected chi connectivity index (χ0v) is 21.0. The Kier molecular flexibility index (Phi) is 8.70. The Morgan fingerprint density at radius 1 is 1.15 bits per heavy atom. The molecule has 0 spiro atoms. The van der Waals surface area contributed by atoms with Crippen LogP contribution in [0.1, 0.15) is 49.9 Å². The van der Waals surface area contributed by atoms with Crippen LogP contribution in [-0.4, -0.2) is 85.6 Å². The first-order valence-electron chi connectivity index (χ1n) is 11.9. The minimum absolute atomic E-state index is 0.0757. The summed E-state index contributed by atoms with van der Waals surface area (Å²) in [5.74, 6) is 0.903. The van der Waals surface area contributed by atoms with Crippen LogP contribution in [0.15, 0.2) is 12.1 Å². The zero-order valence-electron chi connectivity index (χ0n) is 20.3. The van der Waals surface area contributed by atoms with Crippen molar-refractivity contribution < 1.29 is 14.3 Å². The number of nitrogens with one attached hydrogen (secondary N) is 1. The van der Waals surface area contributed by atoms with Gasteiger partial charge in [0.2, 0.25) is 0 Å². The van der Waals surface area contributed by atoms with Gasteiger partial charge in [0.25, 0.3) is 5.91 Å². The van der Waals surface area contributed by atoms with Crippen molar-refractivity contribution >= 4 is 29.2 Å². The summed E-state index contributed by atoms with van der Waals surface area (Å²) in [7, 11) is 3.61. The highest BCUT2D eigenvalue weighted by atomic mass is 35.5. The Bertz CT molecular complexity index is 832. The number of urea groups is 1. The van der Waals surface area contributed by atoms with Gasteiger partial charge in [-0.3, -0.25) is 4.79 Å². The molecule has 9 heteroatoms. The number of ether oxygens (including phenoxy) is 1. The molecule has 3 rings (SSSR count). The lowest BCUT2D eigenvalue weighted by Crippen LogP contribution is -2.48. The second-order valence-electron chi connectivity index (χ2n) is 9.69. The number of nitrogens with zero attached hydrogens (tertiary/aromatic N) is 3. The summed E-state index contributed by atoms with van der Waals surface area (Å²) in [5, 5.41) is 3.51. The van der Waals surface area contributed by atoms with Crippen LogP contribution in [0, 0.1) is 5.92 Å². The first-order chi connectivity index (χ1) is 15.6. The van der Waals surface area contributed by atoms with Crippen molar-refractivity contribution in [2.45, 2.75) is 51.7 Å². The molecule has 184 valence electrons. The molecule has 0 bridgehead atoms. The largest absolute Gasteiger partial charge is 0.490 e. The van der Waals surface area contributed by atoms with Crippen LogP contribution in [0.3, 0.4) is 0 Å². The monoisotopic (exact) mass is 479 g/mol. The number of nitrogen functional groups attached to an aromatic ring is 1. The van der Waals surface area contributed by atoms with Gasteiger partial charge in [-0.05, 0) is 51.5 Å². The van der Waals surface area contributed by atoms with Crippen molar-refractivity contribution in [2.24, 2.45) is 5.92 Å². The topological polar surface area (TPSA) is 91.1 Å². The van der Waals surface area contributed by atoms with Crippen molar-refractivity contribution in [3.8, 4) is 5.75 Å². The van der Waals surface area contributed by atoms with Crippen molar-refractivity contribution in [3.63, 3.8) is 0 Å². The van der Waals surface area contributed by atoms with Gasteiger partial charge >= 0.3 is 6.03 Å². The van der Waals surface area contributed by atoms with Crippen LogP contribution in [-0.2, 0) is 0 Å². The fraction of sp³-hybridized carbons (Fsp3) is 0.667. The molecule has 0 unspecified atom stereocenters. The fourth-order valence-corrected chi connectivity index (χ4v) is 4.74. The molecule has 2 heterocycles.